The van der Waals surface area contributed by atoms with Crippen molar-refractivity contribution < 1.29 is 4.74 Å². The second-order valence-electron chi connectivity index (χ2n) is 4.78. The molecule has 1 fully saturated rings. The smallest absolute Gasteiger partial charge is 0.134 e. The van der Waals surface area contributed by atoms with Crippen LogP contribution in [0.25, 0.3) is 0 Å². The number of methoxy groups -OCH3 is 1. The Morgan fingerprint density at radius 3 is 3.22 bits per heavy atom. The molecule has 2 rings (SSSR count). The van der Waals surface area contributed by atoms with Gasteiger partial charge in [0, 0.05) is 38.3 Å². The molecule has 1 aromatic rings. The van der Waals surface area contributed by atoms with Gasteiger partial charge in [-0.15, -0.1) is 5.10 Å². The molecule has 1 aliphatic heterocycles. The van der Waals surface area contributed by atoms with Crippen LogP contribution in [0.15, 0.2) is 0 Å². The van der Waals surface area contributed by atoms with Crippen molar-refractivity contribution in [3.8, 4) is 0 Å². The molecule has 0 radical (unpaired) electrons. The van der Waals surface area contributed by atoms with Gasteiger partial charge in [0.05, 0.1) is 6.61 Å². The lowest BCUT2D eigenvalue weighted by molar-refractivity contribution is 0.0869. The van der Waals surface area contributed by atoms with E-state index in [1.165, 1.54) is 24.4 Å². The Hall–Kier alpha value is -0.720. The highest BCUT2D eigenvalue weighted by atomic mass is 32.1. The van der Waals surface area contributed by atoms with Crippen LogP contribution in [0, 0.1) is 5.92 Å². The van der Waals surface area contributed by atoms with E-state index in [1.54, 1.807) is 7.11 Å². The van der Waals surface area contributed by atoms with E-state index in [4.69, 9.17) is 4.74 Å². The lowest BCUT2D eigenvalue weighted by Gasteiger charge is -2.31. The summed E-state index contributed by atoms with van der Waals surface area (Å²) in [5.41, 5.74) is 1.08. The molecule has 2 heterocycles. The van der Waals surface area contributed by atoms with Crippen molar-refractivity contribution in [1.82, 2.24) is 14.5 Å². The number of nitrogens with one attached hydrogen (secondary N) is 1. The summed E-state index contributed by atoms with van der Waals surface area (Å²) in [6.07, 6.45) is 2.53. The summed E-state index contributed by atoms with van der Waals surface area (Å²) < 4.78 is 9.30. The summed E-state index contributed by atoms with van der Waals surface area (Å²) in [7, 11) is 1.78. The molecule has 0 bridgehead atoms. The third kappa shape index (κ3) is 3.63. The van der Waals surface area contributed by atoms with Crippen molar-refractivity contribution in [3.05, 3.63) is 5.69 Å². The Morgan fingerprint density at radius 2 is 2.44 bits per heavy atom. The molecule has 1 aliphatic rings. The topological polar surface area (TPSA) is 50.3 Å². The number of likely N-dealkylation sites (tertiary alicyclic amines) is 1. The Balaban J connectivity index is 1.89. The van der Waals surface area contributed by atoms with Gasteiger partial charge in [0.1, 0.15) is 10.7 Å². The summed E-state index contributed by atoms with van der Waals surface area (Å²) in [4.78, 5) is 2.46. The van der Waals surface area contributed by atoms with E-state index in [0.29, 0.717) is 5.92 Å². The first kappa shape index (κ1) is 13.7. The molecule has 0 saturated carbocycles. The fraction of sp³-hybridized carbons (Fsp3) is 0.833. The standard InChI is InChI=1S/C12H22N4OS/c1-3-13-12-11(14-15-18-12)8-16-6-4-5-10(7-16)9-17-2/h10,13H,3-9H2,1-2H3. The molecule has 5 nitrogen and oxygen atoms in total. The van der Waals surface area contributed by atoms with Crippen molar-refractivity contribution in [2.75, 3.05) is 38.7 Å². The molecule has 18 heavy (non-hydrogen) atoms. The first-order chi connectivity index (χ1) is 8.83. The predicted molar refractivity (Wildman–Crippen MR) is 73.9 cm³/mol. The second kappa shape index (κ2) is 7.01. The number of hydrogen-bond donors (Lipinski definition) is 1. The van der Waals surface area contributed by atoms with Crippen LogP contribution < -0.4 is 5.32 Å². The quantitative estimate of drug-likeness (QED) is 0.854. The van der Waals surface area contributed by atoms with Gasteiger partial charge in [-0.3, -0.25) is 4.90 Å². The van der Waals surface area contributed by atoms with Gasteiger partial charge >= 0.3 is 0 Å². The van der Waals surface area contributed by atoms with E-state index in [0.717, 1.165) is 43.5 Å². The minimum atomic E-state index is 0.665. The van der Waals surface area contributed by atoms with Gasteiger partial charge in [-0.1, -0.05) is 4.49 Å². The number of anilines is 1. The molecule has 1 atom stereocenters. The lowest BCUT2D eigenvalue weighted by atomic mass is 9.99. The van der Waals surface area contributed by atoms with E-state index >= 15 is 0 Å². The average Bonchev–Trinajstić information content (AvgIpc) is 2.78. The van der Waals surface area contributed by atoms with E-state index in [9.17, 15) is 0 Å². The summed E-state index contributed by atoms with van der Waals surface area (Å²) in [6, 6.07) is 0. The molecular formula is C12H22N4OS. The van der Waals surface area contributed by atoms with Gasteiger partial charge in [0.15, 0.2) is 0 Å². The van der Waals surface area contributed by atoms with Crippen molar-refractivity contribution in [1.29, 1.82) is 0 Å². The molecule has 1 aromatic heterocycles. The van der Waals surface area contributed by atoms with Crippen molar-refractivity contribution in [2.24, 2.45) is 5.92 Å². The van der Waals surface area contributed by atoms with Crippen molar-refractivity contribution >= 4 is 16.5 Å². The summed E-state index contributed by atoms with van der Waals surface area (Å²) >= 11 is 1.45. The zero-order valence-electron chi connectivity index (χ0n) is 11.2. The predicted octanol–water partition coefficient (Wildman–Crippen LogP) is 1.83. The van der Waals surface area contributed by atoms with Crippen LogP contribution in [0.1, 0.15) is 25.5 Å². The molecular weight excluding hydrogens is 248 g/mol. The van der Waals surface area contributed by atoms with Gasteiger partial charge < -0.3 is 10.1 Å². The number of hydrogen-bond acceptors (Lipinski definition) is 6. The summed E-state index contributed by atoms with van der Waals surface area (Å²) in [5, 5.41) is 8.67. The van der Waals surface area contributed by atoms with Crippen LogP contribution in [0.2, 0.25) is 0 Å². The number of ether oxygens (including phenoxy) is 1. The molecule has 0 aromatic carbocycles. The highest BCUT2D eigenvalue weighted by Gasteiger charge is 2.21. The number of piperidine rings is 1. The summed E-state index contributed by atoms with van der Waals surface area (Å²) in [5.74, 6) is 0.665. The summed E-state index contributed by atoms with van der Waals surface area (Å²) in [6.45, 7) is 7.05. The maximum Gasteiger partial charge on any atom is 0.134 e. The van der Waals surface area contributed by atoms with E-state index in [2.05, 4.69) is 26.7 Å². The largest absolute Gasteiger partial charge is 0.384 e. The molecule has 1 saturated heterocycles. The Morgan fingerprint density at radius 1 is 1.56 bits per heavy atom. The Labute approximate surface area is 113 Å². The van der Waals surface area contributed by atoms with Gasteiger partial charge in [0.2, 0.25) is 0 Å². The molecule has 0 aliphatic carbocycles. The molecule has 0 amide bonds. The highest BCUT2D eigenvalue weighted by Crippen LogP contribution is 2.23. The monoisotopic (exact) mass is 270 g/mol. The first-order valence-corrected chi connectivity index (χ1v) is 7.37. The van der Waals surface area contributed by atoms with Crippen LogP contribution in [0.4, 0.5) is 5.00 Å². The fourth-order valence-electron chi connectivity index (χ4n) is 2.49. The van der Waals surface area contributed by atoms with E-state index in [-0.39, 0.29) is 0 Å². The van der Waals surface area contributed by atoms with Gasteiger partial charge in [-0.25, -0.2) is 0 Å². The number of nitrogens with zero attached hydrogens (tertiary/aromatic N) is 3. The van der Waals surface area contributed by atoms with Crippen molar-refractivity contribution in [3.63, 3.8) is 0 Å². The zero-order valence-corrected chi connectivity index (χ0v) is 12.0. The van der Waals surface area contributed by atoms with Gasteiger partial charge in [-0.2, -0.15) is 0 Å². The second-order valence-corrected chi connectivity index (χ2v) is 5.53. The number of aromatic nitrogens is 2. The molecule has 6 heteroatoms. The normalized spacial score (nSPS) is 21.1. The Bertz CT molecular complexity index is 356. The minimum absolute atomic E-state index is 0.665. The Kier molecular flexibility index (Phi) is 5.34. The van der Waals surface area contributed by atoms with Crippen LogP contribution >= 0.6 is 11.5 Å². The number of rotatable bonds is 6. The van der Waals surface area contributed by atoms with E-state index in [1.807, 2.05) is 0 Å². The lowest BCUT2D eigenvalue weighted by Crippen LogP contribution is -2.36. The molecule has 1 unspecified atom stereocenters. The molecule has 1 N–H and O–H groups in total. The van der Waals surface area contributed by atoms with Gasteiger partial charge in [0.25, 0.3) is 0 Å². The maximum atomic E-state index is 5.26. The van der Waals surface area contributed by atoms with Gasteiger partial charge in [-0.05, 0) is 32.2 Å². The first-order valence-electron chi connectivity index (χ1n) is 6.59. The zero-order chi connectivity index (χ0) is 12.8. The maximum absolute atomic E-state index is 5.26. The SMILES string of the molecule is CCNc1snnc1CN1CCCC(COC)C1. The third-order valence-electron chi connectivity index (χ3n) is 3.27. The fourth-order valence-corrected chi connectivity index (χ4v) is 3.13. The average molecular weight is 270 g/mol. The van der Waals surface area contributed by atoms with Crippen molar-refractivity contribution in [2.45, 2.75) is 26.3 Å². The third-order valence-corrected chi connectivity index (χ3v) is 4.00. The highest BCUT2D eigenvalue weighted by molar-refractivity contribution is 7.10. The van der Waals surface area contributed by atoms with E-state index < -0.39 is 0 Å². The van der Waals surface area contributed by atoms with Crippen LogP contribution in [0.5, 0.6) is 0 Å². The molecule has 0 spiro atoms. The van der Waals surface area contributed by atoms with Crippen LogP contribution in [-0.4, -0.2) is 47.8 Å². The molecule has 102 valence electrons. The minimum Gasteiger partial charge on any atom is -0.384 e. The van der Waals surface area contributed by atoms with Crippen LogP contribution in [0.3, 0.4) is 0 Å². The van der Waals surface area contributed by atoms with Crippen LogP contribution in [-0.2, 0) is 11.3 Å².